The van der Waals surface area contributed by atoms with Crippen molar-refractivity contribution in [3.05, 3.63) is 71.3 Å². The van der Waals surface area contributed by atoms with Crippen LogP contribution in [-0.2, 0) is 17.9 Å². The number of nitrogens with one attached hydrogen (secondary N) is 2. The number of carbonyl (C=O) groups excluding carboxylic acids is 2. The number of anilines is 2. The number of nitrogens with two attached hydrogens (primary N) is 1. The third kappa shape index (κ3) is 5.22. The number of rotatable bonds is 7. The van der Waals surface area contributed by atoms with E-state index in [4.69, 9.17) is 17.3 Å². The van der Waals surface area contributed by atoms with Gasteiger partial charge in [-0.3, -0.25) is 9.59 Å². The highest BCUT2D eigenvalue weighted by Gasteiger charge is 2.41. The van der Waals surface area contributed by atoms with Crippen LogP contribution >= 0.6 is 11.6 Å². The predicted octanol–water partition coefficient (Wildman–Crippen LogP) is 2.70. The molecule has 1 unspecified atom stereocenters. The van der Waals surface area contributed by atoms with Crippen LogP contribution < -0.4 is 21.3 Å². The lowest BCUT2D eigenvalue weighted by molar-refractivity contribution is -0.122. The van der Waals surface area contributed by atoms with Crippen LogP contribution in [0.1, 0.15) is 41.6 Å². The number of benzene rings is 1. The SMILES string of the molecule is Nc1nc(Cl)c2ncn(CC(=O)NC3C[C@H]4CC[C@@H](C3)N4c3ccc(C(=O)NCc4ccccc4)cn3)c2n1. The standard InChI is InChI=1S/C27H28ClN9O2/c28-24-23-25(35-27(29)34-24)36(15-32-23)14-22(38)33-18-10-19-7-8-20(11-18)37(19)21-9-6-17(13-30-21)26(39)31-12-16-4-2-1-3-5-16/h1-6,9,13,15,18-20H,7-8,10-12,14H2,(H,31,39)(H,33,38)(H2,29,34,35)/t18?,19-,20+. The van der Waals surface area contributed by atoms with Crippen LogP contribution in [0.15, 0.2) is 55.0 Å². The molecule has 2 amide bonds. The normalized spacial score (nSPS) is 20.2. The van der Waals surface area contributed by atoms with Crippen molar-refractivity contribution in [1.29, 1.82) is 0 Å². The van der Waals surface area contributed by atoms with Crippen LogP contribution in [0, 0.1) is 0 Å². The number of halogens is 1. The highest BCUT2D eigenvalue weighted by Crippen LogP contribution is 2.38. The van der Waals surface area contributed by atoms with Gasteiger partial charge in [0.05, 0.1) is 11.9 Å². The second-order valence-corrected chi connectivity index (χ2v) is 10.4. The summed E-state index contributed by atoms with van der Waals surface area (Å²) in [5.74, 6) is 0.632. The summed E-state index contributed by atoms with van der Waals surface area (Å²) in [6, 6.07) is 14.2. The molecule has 200 valence electrons. The summed E-state index contributed by atoms with van der Waals surface area (Å²) in [5.41, 5.74) is 8.13. The van der Waals surface area contributed by atoms with Crippen molar-refractivity contribution in [2.45, 2.75) is 56.9 Å². The summed E-state index contributed by atoms with van der Waals surface area (Å²) >= 11 is 6.10. The third-order valence-electron chi connectivity index (χ3n) is 7.42. The van der Waals surface area contributed by atoms with Gasteiger partial charge < -0.3 is 25.8 Å². The van der Waals surface area contributed by atoms with Gasteiger partial charge in [0.1, 0.15) is 17.9 Å². The maximum Gasteiger partial charge on any atom is 0.253 e. The maximum atomic E-state index is 12.9. The van der Waals surface area contributed by atoms with Gasteiger partial charge in [0.25, 0.3) is 5.91 Å². The summed E-state index contributed by atoms with van der Waals surface area (Å²) in [4.78, 5) is 44.7. The Kier molecular flexibility index (Phi) is 6.74. The van der Waals surface area contributed by atoms with Gasteiger partial charge in [-0.05, 0) is 43.4 Å². The minimum Gasteiger partial charge on any atom is -0.368 e. The minimum absolute atomic E-state index is 0.0352. The summed E-state index contributed by atoms with van der Waals surface area (Å²) in [6.45, 7) is 0.533. The van der Waals surface area contributed by atoms with E-state index in [2.05, 4.69) is 35.5 Å². The van der Waals surface area contributed by atoms with Crippen molar-refractivity contribution in [3.63, 3.8) is 0 Å². The molecule has 3 atom stereocenters. The van der Waals surface area contributed by atoms with Gasteiger partial charge >= 0.3 is 0 Å². The Morgan fingerprint density at radius 3 is 2.51 bits per heavy atom. The monoisotopic (exact) mass is 545 g/mol. The summed E-state index contributed by atoms with van der Waals surface area (Å²) in [5, 5.41) is 6.28. The van der Waals surface area contributed by atoms with Crippen LogP contribution in [0.3, 0.4) is 0 Å². The van der Waals surface area contributed by atoms with E-state index >= 15 is 0 Å². The first kappa shape index (κ1) is 25.1. The molecule has 12 heteroatoms. The molecule has 4 aromatic rings. The zero-order chi connectivity index (χ0) is 26.9. The first-order valence-corrected chi connectivity index (χ1v) is 13.3. The smallest absolute Gasteiger partial charge is 0.253 e. The molecule has 6 rings (SSSR count). The molecular weight excluding hydrogens is 518 g/mol. The molecule has 0 aliphatic carbocycles. The molecule has 0 radical (unpaired) electrons. The van der Waals surface area contributed by atoms with E-state index in [9.17, 15) is 9.59 Å². The van der Waals surface area contributed by atoms with Crippen LogP contribution in [0.4, 0.5) is 11.8 Å². The molecule has 39 heavy (non-hydrogen) atoms. The van der Waals surface area contributed by atoms with Gasteiger partial charge in [0.2, 0.25) is 11.9 Å². The fourth-order valence-corrected chi connectivity index (χ4v) is 5.91. The van der Waals surface area contributed by atoms with Crippen molar-refractivity contribution in [3.8, 4) is 0 Å². The lowest BCUT2D eigenvalue weighted by Crippen LogP contribution is -2.51. The number of hydrogen-bond acceptors (Lipinski definition) is 8. The van der Waals surface area contributed by atoms with Crippen molar-refractivity contribution < 1.29 is 9.59 Å². The fourth-order valence-electron chi connectivity index (χ4n) is 5.69. The van der Waals surface area contributed by atoms with Crippen molar-refractivity contribution in [1.82, 2.24) is 35.1 Å². The van der Waals surface area contributed by atoms with E-state index in [0.717, 1.165) is 37.1 Å². The number of carbonyl (C=O) groups is 2. The van der Waals surface area contributed by atoms with Crippen LogP contribution in [0.25, 0.3) is 11.2 Å². The Balaban J connectivity index is 1.05. The third-order valence-corrected chi connectivity index (χ3v) is 7.68. The van der Waals surface area contributed by atoms with Gasteiger partial charge in [0.15, 0.2) is 10.8 Å². The molecule has 2 saturated heterocycles. The zero-order valence-electron chi connectivity index (χ0n) is 21.1. The van der Waals surface area contributed by atoms with Gasteiger partial charge in [-0.15, -0.1) is 0 Å². The zero-order valence-corrected chi connectivity index (χ0v) is 21.9. The predicted molar refractivity (Wildman–Crippen MR) is 147 cm³/mol. The average Bonchev–Trinajstić information content (AvgIpc) is 3.45. The molecule has 2 fully saturated rings. The first-order chi connectivity index (χ1) is 18.9. The number of amides is 2. The maximum absolute atomic E-state index is 12.9. The molecule has 2 aliphatic heterocycles. The molecule has 5 heterocycles. The van der Waals surface area contributed by atoms with Crippen molar-refractivity contribution >= 4 is 46.3 Å². The van der Waals surface area contributed by atoms with Crippen molar-refractivity contribution in [2.24, 2.45) is 0 Å². The molecule has 1 aromatic carbocycles. The quantitative estimate of drug-likeness (QED) is 0.301. The molecular formula is C27H28ClN9O2. The lowest BCUT2D eigenvalue weighted by atomic mass is 9.97. The molecule has 3 aromatic heterocycles. The van der Waals surface area contributed by atoms with Gasteiger partial charge in [0, 0.05) is 30.9 Å². The van der Waals surface area contributed by atoms with E-state index in [1.54, 1.807) is 10.8 Å². The second-order valence-electron chi connectivity index (χ2n) is 10.0. The summed E-state index contributed by atoms with van der Waals surface area (Å²) in [7, 11) is 0. The number of hydrogen-bond donors (Lipinski definition) is 3. The topological polar surface area (TPSA) is 144 Å². The number of imidazole rings is 1. The Labute approximate surface area is 229 Å². The second kappa shape index (κ2) is 10.5. The lowest BCUT2D eigenvalue weighted by Gasteiger charge is -2.40. The van der Waals surface area contributed by atoms with Crippen molar-refractivity contribution in [2.75, 3.05) is 10.6 Å². The minimum atomic E-state index is -0.149. The van der Waals surface area contributed by atoms with Crippen LogP contribution in [-0.4, -0.2) is 54.4 Å². The van der Waals surface area contributed by atoms with Gasteiger partial charge in [-0.25, -0.2) is 9.97 Å². The Morgan fingerprint density at radius 2 is 1.79 bits per heavy atom. The number of fused-ring (bicyclic) bond motifs is 3. The number of aromatic nitrogens is 5. The van der Waals surface area contributed by atoms with Crippen LogP contribution in [0.5, 0.6) is 0 Å². The number of piperidine rings is 1. The van der Waals surface area contributed by atoms with Crippen LogP contribution in [0.2, 0.25) is 5.15 Å². The van der Waals surface area contributed by atoms with E-state index < -0.39 is 0 Å². The number of pyridine rings is 1. The molecule has 11 nitrogen and oxygen atoms in total. The summed E-state index contributed by atoms with van der Waals surface area (Å²) in [6.07, 6.45) is 6.90. The van der Waals surface area contributed by atoms with Gasteiger partial charge in [-0.1, -0.05) is 41.9 Å². The first-order valence-electron chi connectivity index (χ1n) is 12.9. The number of nitrogen functional groups attached to an aromatic ring is 1. The van der Waals surface area contributed by atoms with E-state index in [1.165, 1.54) is 6.33 Å². The van der Waals surface area contributed by atoms with E-state index in [0.29, 0.717) is 23.3 Å². The fraction of sp³-hybridized carbons (Fsp3) is 0.333. The molecule has 4 N–H and O–H groups in total. The number of nitrogens with zero attached hydrogens (tertiary/aromatic N) is 6. The highest BCUT2D eigenvalue weighted by molar-refractivity contribution is 6.33. The molecule has 0 spiro atoms. The molecule has 2 aliphatic rings. The summed E-state index contributed by atoms with van der Waals surface area (Å²) < 4.78 is 1.62. The Bertz CT molecular complexity index is 1500. The Morgan fingerprint density at radius 1 is 1.03 bits per heavy atom. The van der Waals surface area contributed by atoms with E-state index in [1.807, 2.05) is 42.5 Å². The van der Waals surface area contributed by atoms with E-state index in [-0.39, 0.29) is 47.6 Å². The molecule has 2 bridgehead atoms. The Hall–Kier alpha value is -4.25. The average molecular weight is 546 g/mol. The van der Waals surface area contributed by atoms with Gasteiger partial charge in [-0.2, -0.15) is 9.97 Å². The largest absolute Gasteiger partial charge is 0.368 e. The highest BCUT2D eigenvalue weighted by atomic mass is 35.5. The molecule has 0 saturated carbocycles.